The van der Waals surface area contributed by atoms with Gasteiger partial charge in [-0.3, -0.25) is 4.79 Å². The third kappa shape index (κ3) is 5.54. The quantitative estimate of drug-likeness (QED) is 0.183. The van der Waals surface area contributed by atoms with Gasteiger partial charge in [0.05, 0.1) is 25.3 Å². The van der Waals surface area contributed by atoms with Crippen LogP contribution in [-0.2, 0) is 13.1 Å². The Labute approximate surface area is 245 Å². The van der Waals surface area contributed by atoms with Crippen LogP contribution in [0.4, 0.5) is 0 Å². The summed E-state index contributed by atoms with van der Waals surface area (Å²) in [7, 11) is 1.57. The summed E-state index contributed by atoms with van der Waals surface area (Å²) in [6, 6.07) is 22.2. The minimum Gasteiger partial charge on any atom is -0.481 e. The van der Waals surface area contributed by atoms with Gasteiger partial charge in [0.25, 0.3) is 5.91 Å². The fraction of sp³-hybridized carbons (Fsp3) is 0.0968. The summed E-state index contributed by atoms with van der Waals surface area (Å²) in [5.74, 6) is 0.279. The number of ether oxygens (including phenoxy) is 1. The number of halogens is 1. The van der Waals surface area contributed by atoms with Gasteiger partial charge in [0.2, 0.25) is 5.88 Å². The van der Waals surface area contributed by atoms with Crippen molar-refractivity contribution >= 4 is 51.2 Å². The van der Waals surface area contributed by atoms with Crippen LogP contribution >= 0.6 is 11.6 Å². The van der Waals surface area contributed by atoms with Crippen molar-refractivity contribution in [3.8, 4) is 11.9 Å². The van der Waals surface area contributed by atoms with Crippen molar-refractivity contribution < 1.29 is 9.53 Å². The zero-order chi connectivity index (χ0) is 29.1. The summed E-state index contributed by atoms with van der Waals surface area (Å²) in [6.07, 6.45) is 5.47. The van der Waals surface area contributed by atoms with Gasteiger partial charge < -0.3 is 14.6 Å². The predicted octanol–water partition coefficient (Wildman–Crippen LogP) is 5.41. The number of carbonyl (C=O) groups is 1. The Kier molecular flexibility index (Phi) is 7.32. The highest BCUT2D eigenvalue weighted by atomic mass is 35.5. The van der Waals surface area contributed by atoms with E-state index in [1.54, 1.807) is 49.7 Å². The molecule has 1 amide bonds. The van der Waals surface area contributed by atoms with Crippen molar-refractivity contribution in [3.63, 3.8) is 0 Å². The third-order valence-corrected chi connectivity index (χ3v) is 6.98. The topological polar surface area (TPSA) is 134 Å². The van der Waals surface area contributed by atoms with Crippen LogP contribution in [0.2, 0.25) is 5.15 Å². The van der Waals surface area contributed by atoms with E-state index in [1.165, 1.54) is 0 Å². The van der Waals surface area contributed by atoms with Gasteiger partial charge in [0, 0.05) is 41.5 Å². The lowest BCUT2D eigenvalue weighted by Crippen LogP contribution is -2.22. The summed E-state index contributed by atoms with van der Waals surface area (Å²) < 4.78 is 7.12. The largest absolute Gasteiger partial charge is 0.481 e. The van der Waals surface area contributed by atoms with Crippen molar-refractivity contribution in [2.45, 2.75) is 13.1 Å². The number of benzene rings is 2. The van der Waals surface area contributed by atoms with E-state index in [0.29, 0.717) is 46.5 Å². The number of nitriles is 1. The first-order valence-electron chi connectivity index (χ1n) is 12.9. The van der Waals surface area contributed by atoms with E-state index in [4.69, 9.17) is 16.3 Å². The molecule has 42 heavy (non-hydrogen) atoms. The Balaban J connectivity index is 1.26. The number of carbonyl (C=O) groups excluding carboxylic acids is 1. The number of allylic oxidation sites excluding steroid dienone is 1. The fourth-order valence-corrected chi connectivity index (χ4v) is 4.81. The fourth-order valence-electron chi connectivity index (χ4n) is 4.67. The lowest BCUT2D eigenvalue weighted by Gasteiger charge is -2.07. The molecule has 6 rings (SSSR count). The average Bonchev–Trinajstić information content (AvgIpc) is 3.62. The maximum absolute atomic E-state index is 13.0. The maximum Gasteiger partial charge on any atom is 0.251 e. The number of aromatic amines is 1. The van der Waals surface area contributed by atoms with E-state index >= 15 is 0 Å². The van der Waals surface area contributed by atoms with Crippen molar-refractivity contribution in [2.24, 2.45) is 0 Å². The van der Waals surface area contributed by atoms with Crippen LogP contribution in [0.15, 0.2) is 79.1 Å². The second kappa shape index (κ2) is 11.5. The van der Waals surface area contributed by atoms with E-state index < -0.39 is 0 Å². The molecule has 0 atom stereocenters. The number of pyridine rings is 2. The van der Waals surface area contributed by atoms with Crippen LogP contribution in [0.3, 0.4) is 0 Å². The zero-order valence-electron chi connectivity index (χ0n) is 22.4. The number of nitrogens with zero attached hydrogens (tertiary/aromatic N) is 6. The van der Waals surface area contributed by atoms with E-state index in [-0.39, 0.29) is 5.91 Å². The van der Waals surface area contributed by atoms with E-state index in [1.807, 2.05) is 47.2 Å². The average molecular weight is 575 g/mol. The lowest BCUT2D eigenvalue weighted by atomic mass is 10.0. The number of nitrogens with one attached hydrogen (secondary N) is 2. The first kappa shape index (κ1) is 26.7. The Morgan fingerprint density at radius 3 is 2.71 bits per heavy atom. The molecule has 0 spiro atoms. The number of aromatic nitrogens is 6. The Hall–Kier alpha value is -5.53. The van der Waals surface area contributed by atoms with Crippen LogP contribution in [0.1, 0.15) is 32.6 Å². The molecule has 0 unspecified atom stereocenters. The number of hydrogen-bond acceptors (Lipinski definition) is 7. The molecule has 0 aliphatic heterocycles. The molecule has 10 nitrogen and oxygen atoms in total. The number of amides is 1. The molecular weight excluding hydrogens is 552 g/mol. The standard InChI is InChI=1S/C31H23ClN8O2/c1-42-29-10-6-20(16-34-29)17-40-18-24(25-7-9-28(32)36-30(25)40)13-23(14-33)21-3-2-4-22(12-21)31(41)35-15-19-5-8-26-27(11-19)38-39-37-26/h2-13,16,18H,15,17H2,1H3,(H,35,41)(H,37,38,39)/b23-13+. The van der Waals surface area contributed by atoms with Crippen molar-refractivity contribution in [1.29, 1.82) is 5.26 Å². The van der Waals surface area contributed by atoms with Crippen LogP contribution in [0, 0.1) is 11.3 Å². The molecule has 2 N–H and O–H groups in total. The third-order valence-electron chi connectivity index (χ3n) is 6.77. The van der Waals surface area contributed by atoms with Crippen LogP contribution < -0.4 is 10.1 Å². The molecule has 0 fully saturated rings. The second-order valence-electron chi connectivity index (χ2n) is 9.51. The molecule has 6 aromatic rings. The summed E-state index contributed by atoms with van der Waals surface area (Å²) in [5.41, 5.74) is 6.28. The van der Waals surface area contributed by atoms with Gasteiger partial charge in [-0.2, -0.15) is 20.7 Å². The van der Waals surface area contributed by atoms with Gasteiger partial charge in [0.15, 0.2) is 0 Å². The Bertz CT molecular complexity index is 2000. The highest BCUT2D eigenvalue weighted by molar-refractivity contribution is 6.29. The molecule has 0 radical (unpaired) electrons. The highest BCUT2D eigenvalue weighted by Crippen LogP contribution is 2.28. The molecule has 0 saturated carbocycles. The molecule has 2 aromatic carbocycles. The summed E-state index contributed by atoms with van der Waals surface area (Å²) in [6.45, 7) is 0.821. The molecule has 11 heteroatoms. The van der Waals surface area contributed by atoms with Gasteiger partial charge >= 0.3 is 0 Å². The SMILES string of the molecule is COc1ccc(Cn2cc(/C=C(\C#N)c3cccc(C(=O)NCc4ccc5n[nH]nc5c4)c3)c3ccc(Cl)nc32)cn1. The smallest absolute Gasteiger partial charge is 0.251 e. The molecule has 206 valence electrons. The lowest BCUT2D eigenvalue weighted by molar-refractivity contribution is 0.0951. The zero-order valence-corrected chi connectivity index (χ0v) is 23.1. The number of hydrogen-bond donors (Lipinski definition) is 2. The minimum atomic E-state index is -0.252. The van der Waals surface area contributed by atoms with Gasteiger partial charge in [-0.05, 0) is 59.2 Å². The van der Waals surface area contributed by atoms with Crippen LogP contribution in [0.25, 0.3) is 33.7 Å². The summed E-state index contributed by atoms with van der Waals surface area (Å²) in [5, 5.41) is 25.0. The molecule has 4 aromatic heterocycles. The maximum atomic E-state index is 13.0. The first-order valence-corrected chi connectivity index (χ1v) is 13.3. The molecule has 0 bridgehead atoms. The highest BCUT2D eigenvalue weighted by Gasteiger charge is 2.14. The molecule has 0 aliphatic rings. The normalized spacial score (nSPS) is 11.5. The molecular formula is C31H23ClN8O2. The molecule has 0 saturated heterocycles. The number of H-pyrrole nitrogens is 1. The van der Waals surface area contributed by atoms with E-state index in [0.717, 1.165) is 33.1 Å². The van der Waals surface area contributed by atoms with Crippen LogP contribution in [0.5, 0.6) is 5.88 Å². The number of fused-ring (bicyclic) bond motifs is 2. The second-order valence-corrected chi connectivity index (χ2v) is 9.89. The first-order chi connectivity index (χ1) is 20.5. The predicted molar refractivity (Wildman–Crippen MR) is 160 cm³/mol. The Morgan fingerprint density at radius 1 is 1.07 bits per heavy atom. The van der Waals surface area contributed by atoms with Gasteiger partial charge in [-0.1, -0.05) is 35.9 Å². The van der Waals surface area contributed by atoms with Crippen LogP contribution in [-0.4, -0.2) is 43.0 Å². The number of methoxy groups -OCH3 is 1. The van der Waals surface area contributed by atoms with Crippen molar-refractivity contribution in [1.82, 2.24) is 35.3 Å². The van der Waals surface area contributed by atoms with Crippen molar-refractivity contribution in [2.75, 3.05) is 7.11 Å². The van der Waals surface area contributed by atoms with E-state index in [9.17, 15) is 10.1 Å². The number of rotatable bonds is 8. The molecule has 4 heterocycles. The van der Waals surface area contributed by atoms with Gasteiger partial charge in [0.1, 0.15) is 21.8 Å². The minimum absolute atomic E-state index is 0.252. The monoisotopic (exact) mass is 574 g/mol. The molecule has 0 aliphatic carbocycles. The van der Waals surface area contributed by atoms with E-state index in [2.05, 4.69) is 36.8 Å². The van der Waals surface area contributed by atoms with Gasteiger partial charge in [-0.25, -0.2) is 9.97 Å². The van der Waals surface area contributed by atoms with Gasteiger partial charge in [-0.15, -0.1) is 0 Å². The van der Waals surface area contributed by atoms with Crippen molar-refractivity contribution in [3.05, 3.63) is 112 Å². The summed E-state index contributed by atoms with van der Waals surface area (Å²) >= 11 is 6.24. The summed E-state index contributed by atoms with van der Waals surface area (Å²) in [4.78, 5) is 21.8. The Morgan fingerprint density at radius 2 is 1.90 bits per heavy atom.